The van der Waals surface area contributed by atoms with Crippen molar-refractivity contribution in [2.75, 3.05) is 19.4 Å². The Labute approximate surface area is 270 Å². The minimum Gasteiger partial charge on any atom is -0.493 e. The first kappa shape index (κ1) is 35.9. The molecule has 0 unspecified atom stereocenters. The summed E-state index contributed by atoms with van der Waals surface area (Å²) in [4.78, 5) is 2.59. The summed E-state index contributed by atoms with van der Waals surface area (Å²) in [7, 11) is -9.64. The van der Waals surface area contributed by atoms with Crippen LogP contribution >= 0.6 is 18.9 Å². The first-order chi connectivity index (χ1) is 22.5. The van der Waals surface area contributed by atoms with Gasteiger partial charge in [-0.1, -0.05) is 5.11 Å². The second-order valence-corrected chi connectivity index (χ2v) is 14.3. The molecule has 0 fully saturated rings. The molecule has 12 nitrogen and oxygen atoms in total. The van der Waals surface area contributed by atoms with Gasteiger partial charge in [0.2, 0.25) is 0 Å². The number of hydrogen-bond donors (Lipinski definition) is 1. The van der Waals surface area contributed by atoms with Crippen molar-refractivity contribution in [2.45, 2.75) is 16.6 Å². The first-order valence-corrected chi connectivity index (χ1v) is 16.9. The first-order valence-electron chi connectivity index (χ1n) is 12.9. The number of halogens is 6. The molecule has 21 heteroatoms. The summed E-state index contributed by atoms with van der Waals surface area (Å²) in [5.74, 6) is -1.32. The van der Waals surface area contributed by atoms with Gasteiger partial charge >= 0.3 is 19.9 Å². The van der Waals surface area contributed by atoms with Crippen LogP contribution in [0.5, 0.6) is 17.2 Å². The Kier molecular flexibility index (Phi) is 10.5. The number of thiophene rings is 1. The van der Waals surface area contributed by atoms with Crippen LogP contribution in [-0.2, 0) is 26.9 Å². The summed E-state index contributed by atoms with van der Waals surface area (Å²) in [5, 5.41) is 21.8. The van der Waals surface area contributed by atoms with Gasteiger partial charge in [-0.15, -0.1) is 11.3 Å². The van der Waals surface area contributed by atoms with Gasteiger partial charge in [-0.05, 0) is 71.6 Å². The van der Waals surface area contributed by atoms with Crippen molar-refractivity contribution >= 4 is 39.0 Å². The maximum atomic E-state index is 13.9. The Morgan fingerprint density at radius 2 is 1.42 bits per heavy atom. The number of nitrogens with one attached hydrogen (secondary N) is 1. The van der Waals surface area contributed by atoms with Gasteiger partial charge in [0.25, 0.3) is 10.0 Å². The molecule has 4 aromatic rings. The van der Waals surface area contributed by atoms with Gasteiger partial charge in [-0.25, -0.2) is 13.0 Å². The smallest absolute Gasteiger partial charge is 0.445 e. The molecule has 250 valence electrons. The van der Waals surface area contributed by atoms with Crippen LogP contribution < -0.4 is 18.5 Å². The molecule has 0 atom stereocenters. The minimum atomic E-state index is -5.08. The van der Waals surface area contributed by atoms with Gasteiger partial charge < -0.3 is 13.8 Å². The van der Waals surface area contributed by atoms with E-state index in [1.165, 1.54) is 36.4 Å². The van der Waals surface area contributed by atoms with Crippen LogP contribution in [0.1, 0.15) is 22.3 Å². The maximum Gasteiger partial charge on any atom is 0.445 e. The Hall–Kier alpha value is -4.97. The highest BCUT2D eigenvalue weighted by Gasteiger charge is 2.38. The van der Waals surface area contributed by atoms with Gasteiger partial charge in [-0.2, -0.15) is 41.6 Å². The molecule has 0 spiro atoms. The van der Waals surface area contributed by atoms with E-state index in [4.69, 9.17) is 29.8 Å². The van der Waals surface area contributed by atoms with E-state index in [0.29, 0.717) is 40.1 Å². The topological polar surface area (TPSA) is 187 Å². The second kappa shape index (κ2) is 14.0. The van der Waals surface area contributed by atoms with Crippen LogP contribution in [-0.4, -0.2) is 27.9 Å². The number of ether oxygens (including phenoxy) is 1. The molecule has 0 aliphatic heterocycles. The number of fused-ring (bicyclic) bond motifs is 1. The van der Waals surface area contributed by atoms with E-state index in [1.807, 2.05) is 4.72 Å². The van der Waals surface area contributed by atoms with Crippen LogP contribution in [0.4, 0.5) is 26.3 Å². The molecular weight excluding hydrogens is 713 g/mol. The van der Waals surface area contributed by atoms with Crippen molar-refractivity contribution in [3.8, 4) is 29.4 Å². The number of benzene rings is 3. The molecule has 1 heterocycles. The van der Waals surface area contributed by atoms with Crippen molar-refractivity contribution in [1.29, 1.82) is 10.5 Å². The predicted molar refractivity (Wildman–Crippen MR) is 158 cm³/mol. The molecule has 0 amide bonds. The largest absolute Gasteiger partial charge is 0.493 e. The number of rotatable bonds is 12. The fourth-order valence-corrected chi connectivity index (χ4v) is 8.36. The summed E-state index contributed by atoms with van der Waals surface area (Å²) in [5.41, 5.74) is 3.68. The number of nitriles is 2. The molecule has 1 aromatic heterocycles. The molecule has 0 radical (unpaired) electrons. The lowest BCUT2D eigenvalue weighted by Crippen LogP contribution is -2.26. The highest BCUT2D eigenvalue weighted by Crippen LogP contribution is 2.50. The highest BCUT2D eigenvalue weighted by molar-refractivity contribution is 7.92. The van der Waals surface area contributed by atoms with E-state index < -0.39 is 70.0 Å². The molecule has 48 heavy (non-hydrogen) atoms. The fraction of sp³-hybridized carbons (Fsp3) is 0.185. The van der Waals surface area contributed by atoms with Crippen LogP contribution in [0.3, 0.4) is 0 Å². The quantitative estimate of drug-likeness (QED) is 0.0379. The van der Waals surface area contributed by atoms with Gasteiger partial charge in [0.15, 0.2) is 0 Å². The minimum absolute atomic E-state index is 0.0336. The summed E-state index contributed by atoms with van der Waals surface area (Å²) in [6.07, 6.45) is -11.5. The lowest BCUT2D eigenvalue weighted by atomic mass is 10.1. The zero-order valence-electron chi connectivity index (χ0n) is 23.6. The van der Waals surface area contributed by atoms with E-state index in [2.05, 4.69) is 10.0 Å². The van der Waals surface area contributed by atoms with Crippen LogP contribution in [0, 0.1) is 22.7 Å². The number of sulfonamides is 1. The normalized spacial score (nSPS) is 12.1. The molecule has 0 saturated carbocycles. The summed E-state index contributed by atoms with van der Waals surface area (Å²) < 4.78 is 140. The van der Waals surface area contributed by atoms with Gasteiger partial charge in [0, 0.05) is 9.61 Å². The number of nitrogens with zero attached hydrogens (tertiary/aromatic N) is 5. The van der Waals surface area contributed by atoms with E-state index in [1.54, 1.807) is 0 Å². The molecule has 3 aromatic carbocycles. The van der Waals surface area contributed by atoms with Gasteiger partial charge in [-0.3, -0.25) is 0 Å². The zero-order valence-corrected chi connectivity index (χ0v) is 26.1. The molecule has 4 rings (SSSR count). The number of alkyl halides is 6. The van der Waals surface area contributed by atoms with Crippen LogP contribution in [0.2, 0.25) is 0 Å². The third kappa shape index (κ3) is 8.68. The standard InChI is InChI=1S/C27H17F6N6O6PS2/c28-26(29,30)22-11-20(3-1-16(22)13-34)44-46(40,45-21-4-2-17(14-35)23(12-21)27(31,32)33)15-38-48(41,42)25-10-18-9-19(5-6-24(18)47-25)43-8-7-37-39-36/h1-6,9-12,38H,7-8,15H2. The number of hydrogen-bond acceptors (Lipinski definition) is 10. The Morgan fingerprint density at radius 3 is 1.92 bits per heavy atom. The molecule has 0 bridgehead atoms. The van der Waals surface area contributed by atoms with Crippen molar-refractivity contribution in [1.82, 2.24) is 4.72 Å². The average Bonchev–Trinajstić information content (AvgIpc) is 3.46. The highest BCUT2D eigenvalue weighted by atomic mass is 32.2. The summed E-state index contributed by atoms with van der Waals surface area (Å²) in [6, 6.07) is 12.0. The lowest BCUT2D eigenvalue weighted by molar-refractivity contribution is -0.138. The molecule has 0 saturated heterocycles. The fourth-order valence-electron chi connectivity index (χ4n) is 3.93. The molecule has 1 N–H and O–H groups in total. The maximum absolute atomic E-state index is 13.9. The summed E-state index contributed by atoms with van der Waals surface area (Å²) in [6.45, 7) is 0.0704. The van der Waals surface area contributed by atoms with E-state index in [9.17, 15) is 39.3 Å². The molecular formula is C27H17F6N6O6PS2. The van der Waals surface area contributed by atoms with Crippen molar-refractivity contribution in [3.63, 3.8) is 0 Å². The molecule has 0 aliphatic rings. The Balaban J connectivity index is 1.68. The van der Waals surface area contributed by atoms with Gasteiger partial charge in [0.05, 0.1) is 47.5 Å². The van der Waals surface area contributed by atoms with E-state index in [-0.39, 0.29) is 17.4 Å². The van der Waals surface area contributed by atoms with Crippen molar-refractivity contribution in [2.24, 2.45) is 5.11 Å². The van der Waals surface area contributed by atoms with E-state index >= 15 is 0 Å². The Bertz CT molecular complexity index is 2070. The third-order valence-corrected chi connectivity index (χ3v) is 10.8. The van der Waals surface area contributed by atoms with E-state index in [0.717, 1.165) is 23.5 Å². The average molecular weight is 731 g/mol. The predicted octanol–water partition coefficient (Wildman–Crippen LogP) is 7.96. The monoisotopic (exact) mass is 730 g/mol. The SMILES string of the molecule is N#Cc1ccc(OP(=O)(CNS(=O)(=O)c2cc3cc(OCCN=[N+]=[N-])ccc3s2)Oc2ccc(C#N)c(C(F)(F)F)c2)cc1C(F)(F)F. The molecule has 0 aliphatic carbocycles. The number of azide groups is 1. The van der Waals surface area contributed by atoms with Crippen LogP contribution in [0.25, 0.3) is 20.5 Å². The van der Waals surface area contributed by atoms with Crippen molar-refractivity contribution in [3.05, 3.63) is 93.4 Å². The third-order valence-electron chi connectivity index (χ3n) is 6.02. The van der Waals surface area contributed by atoms with Crippen LogP contribution in [0.15, 0.2) is 70.0 Å². The van der Waals surface area contributed by atoms with Gasteiger partial charge in [0.1, 0.15) is 27.7 Å². The summed E-state index contributed by atoms with van der Waals surface area (Å²) >= 11 is 0.766. The zero-order chi connectivity index (χ0) is 35.3. The second-order valence-electron chi connectivity index (χ2n) is 9.30. The Morgan fingerprint density at radius 1 is 0.875 bits per heavy atom. The lowest BCUT2D eigenvalue weighted by Gasteiger charge is -2.22. The van der Waals surface area contributed by atoms with Crippen molar-refractivity contribution < 1.29 is 53.1 Å².